The number of ether oxygens (including phenoxy) is 1. The summed E-state index contributed by atoms with van der Waals surface area (Å²) in [5.41, 5.74) is 0.216. The van der Waals surface area contributed by atoms with Gasteiger partial charge in [0.25, 0.3) is 0 Å². The quantitative estimate of drug-likeness (QED) is 0.830. The topological polar surface area (TPSA) is 64.3 Å². The molecule has 1 aromatic carbocycles. The fourth-order valence-corrected chi connectivity index (χ4v) is 1.96. The van der Waals surface area contributed by atoms with Gasteiger partial charge in [0.2, 0.25) is 0 Å². The SMILES string of the molecule is O=C(O)c1ccc(Br)c(OCCCn2ccnc2)c1. The molecule has 0 atom stereocenters. The van der Waals surface area contributed by atoms with E-state index >= 15 is 0 Å². The largest absolute Gasteiger partial charge is 0.492 e. The highest BCUT2D eigenvalue weighted by Crippen LogP contribution is 2.26. The molecule has 0 amide bonds. The van der Waals surface area contributed by atoms with E-state index in [4.69, 9.17) is 9.84 Å². The summed E-state index contributed by atoms with van der Waals surface area (Å²) in [5.74, 6) is -0.415. The van der Waals surface area contributed by atoms with Crippen molar-refractivity contribution in [3.05, 3.63) is 47.0 Å². The Balaban J connectivity index is 1.88. The first-order valence-corrected chi connectivity index (χ1v) is 6.57. The summed E-state index contributed by atoms with van der Waals surface area (Å²) < 4.78 is 8.30. The smallest absolute Gasteiger partial charge is 0.335 e. The molecular weight excluding hydrogens is 312 g/mol. The molecule has 0 aliphatic heterocycles. The van der Waals surface area contributed by atoms with Gasteiger partial charge in [0.05, 0.1) is 23.0 Å². The Hall–Kier alpha value is -1.82. The van der Waals surface area contributed by atoms with Crippen LogP contribution in [-0.2, 0) is 6.54 Å². The van der Waals surface area contributed by atoms with E-state index in [1.165, 1.54) is 12.1 Å². The molecule has 1 heterocycles. The summed E-state index contributed by atoms with van der Waals surface area (Å²) in [4.78, 5) is 14.8. The summed E-state index contributed by atoms with van der Waals surface area (Å²) in [7, 11) is 0. The summed E-state index contributed by atoms with van der Waals surface area (Å²) in [6, 6.07) is 4.73. The van der Waals surface area contributed by atoms with Crippen molar-refractivity contribution in [2.45, 2.75) is 13.0 Å². The van der Waals surface area contributed by atoms with E-state index in [0.29, 0.717) is 12.4 Å². The number of halogens is 1. The molecule has 19 heavy (non-hydrogen) atoms. The number of aromatic carboxylic acids is 1. The number of carboxylic acids is 1. The first kappa shape index (κ1) is 13.6. The van der Waals surface area contributed by atoms with Crippen LogP contribution >= 0.6 is 15.9 Å². The average molecular weight is 325 g/mol. The molecule has 2 rings (SSSR count). The van der Waals surface area contributed by atoms with Gasteiger partial charge in [-0.1, -0.05) is 0 Å². The van der Waals surface area contributed by atoms with Gasteiger partial charge in [-0.2, -0.15) is 0 Å². The summed E-state index contributed by atoms with van der Waals surface area (Å²) in [5, 5.41) is 8.92. The molecule has 0 bridgehead atoms. The molecule has 1 aromatic heterocycles. The maximum absolute atomic E-state index is 10.9. The number of aromatic nitrogens is 2. The predicted molar refractivity (Wildman–Crippen MR) is 73.4 cm³/mol. The van der Waals surface area contributed by atoms with Crippen LogP contribution in [0.2, 0.25) is 0 Å². The first-order valence-electron chi connectivity index (χ1n) is 5.78. The third kappa shape index (κ3) is 3.82. The van der Waals surface area contributed by atoms with Crippen molar-refractivity contribution in [3.63, 3.8) is 0 Å². The number of rotatable bonds is 6. The van der Waals surface area contributed by atoms with E-state index in [2.05, 4.69) is 20.9 Å². The first-order chi connectivity index (χ1) is 9.16. The number of aryl methyl sites for hydroxylation is 1. The van der Waals surface area contributed by atoms with Gasteiger partial charge in [-0.05, 0) is 40.5 Å². The highest BCUT2D eigenvalue weighted by Gasteiger charge is 2.07. The molecule has 0 radical (unpaired) electrons. The lowest BCUT2D eigenvalue weighted by molar-refractivity contribution is 0.0696. The van der Waals surface area contributed by atoms with Crippen molar-refractivity contribution in [1.82, 2.24) is 9.55 Å². The van der Waals surface area contributed by atoms with E-state index in [-0.39, 0.29) is 5.56 Å². The molecule has 2 aromatic rings. The molecule has 0 saturated carbocycles. The lowest BCUT2D eigenvalue weighted by Crippen LogP contribution is -2.04. The number of carbonyl (C=O) groups is 1. The fourth-order valence-electron chi connectivity index (χ4n) is 1.60. The van der Waals surface area contributed by atoms with E-state index in [1.807, 2.05) is 10.8 Å². The van der Waals surface area contributed by atoms with Crippen LogP contribution in [0, 0.1) is 0 Å². The van der Waals surface area contributed by atoms with Crippen LogP contribution in [0.1, 0.15) is 16.8 Å². The molecule has 0 saturated heterocycles. The van der Waals surface area contributed by atoms with E-state index in [1.54, 1.807) is 18.6 Å². The summed E-state index contributed by atoms with van der Waals surface area (Å²) in [6.45, 7) is 1.33. The second-order valence-corrected chi connectivity index (χ2v) is 4.81. The maximum atomic E-state index is 10.9. The lowest BCUT2D eigenvalue weighted by Gasteiger charge is -2.09. The number of nitrogens with zero attached hydrogens (tertiary/aromatic N) is 2. The van der Waals surface area contributed by atoms with Gasteiger partial charge < -0.3 is 14.4 Å². The molecule has 6 heteroatoms. The van der Waals surface area contributed by atoms with Gasteiger partial charge in [-0.15, -0.1) is 0 Å². The number of benzene rings is 1. The molecule has 5 nitrogen and oxygen atoms in total. The van der Waals surface area contributed by atoms with Gasteiger partial charge in [0, 0.05) is 18.9 Å². The van der Waals surface area contributed by atoms with Gasteiger partial charge in [0.15, 0.2) is 0 Å². The minimum atomic E-state index is -0.962. The van der Waals surface area contributed by atoms with Crippen LogP contribution < -0.4 is 4.74 Å². The van der Waals surface area contributed by atoms with Crippen molar-refractivity contribution < 1.29 is 14.6 Å². The van der Waals surface area contributed by atoms with E-state index in [0.717, 1.165) is 17.4 Å². The van der Waals surface area contributed by atoms with Crippen LogP contribution in [0.3, 0.4) is 0 Å². The van der Waals surface area contributed by atoms with Crippen LogP contribution in [0.5, 0.6) is 5.75 Å². The second-order valence-electron chi connectivity index (χ2n) is 3.95. The molecular formula is C13H13BrN2O3. The number of hydrogen-bond donors (Lipinski definition) is 1. The standard InChI is InChI=1S/C13H13BrN2O3/c14-11-3-2-10(13(17)18)8-12(11)19-7-1-5-16-6-4-15-9-16/h2-4,6,8-9H,1,5,7H2,(H,17,18). The second kappa shape index (κ2) is 6.38. The molecule has 0 aliphatic rings. The summed E-state index contributed by atoms with van der Waals surface area (Å²) >= 11 is 3.34. The van der Waals surface area contributed by atoms with Gasteiger partial charge >= 0.3 is 5.97 Å². The average Bonchev–Trinajstić information content (AvgIpc) is 2.89. The number of carboxylic acid groups (broad SMARTS) is 1. The molecule has 0 fully saturated rings. The minimum absolute atomic E-state index is 0.216. The van der Waals surface area contributed by atoms with E-state index < -0.39 is 5.97 Å². The highest BCUT2D eigenvalue weighted by atomic mass is 79.9. The Morgan fingerprint density at radius 2 is 2.32 bits per heavy atom. The van der Waals surface area contributed by atoms with Gasteiger partial charge in [-0.3, -0.25) is 0 Å². The van der Waals surface area contributed by atoms with Crippen LogP contribution in [-0.4, -0.2) is 27.2 Å². The molecule has 0 unspecified atom stereocenters. The Labute approximate surface area is 119 Å². The van der Waals surface area contributed by atoms with Crippen LogP contribution in [0.15, 0.2) is 41.4 Å². The fraction of sp³-hybridized carbons (Fsp3) is 0.231. The van der Waals surface area contributed by atoms with Crippen LogP contribution in [0.4, 0.5) is 0 Å². The zero-order valence-corrected chi connectivity index (χ0v) is 11.7. The zero-order chi connectivity index (χ0) is 13.7. The third-order valence-electron chi connectivity index (χ3n) is 2.56. The van der Waals surface area contributed by atoms with Crippen molar-refractivity contribution in [2.75, 3.05) is 6.61 Å². The Morgan fingerprint density at radius 1 is 1.47 bits per heavy atom. The van der Waals surface area contributed by atoms with Crippen molar-refractivity contribution in [2.24, 2.45) is 0 Å². The third-order valence-corrected chi connectivity index (χ3v) is 3.21. The summed E-state index contributed by atoms with van der Waals surface area (Å²) in [6.07, 6.45) is 6.19. The normalized spacial score (nSPS) is 10.4. The molecule has 0 aliphatic carbocycles. The molecule has 0 spiro atoms. The van der Waals surface area contributed by atoms with Gasteiger partial charge in [-0.25, -0.2) is 9.78 Å². The van der Waals surface area contributed by atoms with Crippen molar-refractivity contribution in [3.8, 4) is 5.75 Å². The van der Waals surface area contributed by atoms with Crippen molar-refractivity contribution in [1.29, 1.82) is 0 Å². The van der Waals surface area contributed by atoms with Gasteiger partial charge in [0.1, 0.15) is 5.75 Å². The highest BCUT2D eigenvalue weighted by molar-refractivity contribution is 9.10. The lowest BCUT2D eigenvalue weighted by atomic mass is 10.2. The van der Waals surface area contributed by atoms with Crippen molar-refractivity contribution >= 4 is 21.9 Å². The Bertz CT molecular complexity index is 555. The molecule has 100 valence electrons. The zero-order valence-electron chi connectivity index (χ0n) is 10.1. The Morgan fingerprint density at radius 3 is 3.00 bits per heavy atom. The maximum Gasteiger partial charge on any atom is 0.335 e. The number of hydrogen-bond acceptors (Lipinski definition) is 3. The predicted octanol–water partition coefficient (Wildman–Crippen LogP) is 2.81. The van der Waals surface area contributed by atoms with Crippen LogP contribution in [0.25, 0.3) is 0 Å². The van der Waals surface area contributed by atoms with E-state index in [9.17, 15) is 4.79 Å². The minimum Gasteiger partial charge on any atom is -0.492 e. The Kier molecular flexibility index (Phi) is 4.57. The molecule has 1 N–H and O–H groups in total. The monoisotopic (exact) mass is 324 g/mol. The number of imidazole rings is 1.